The molecule has 364 valence electrons. The normalized spacial score (nSPS) is 15.1. The summed E-state index contributed by atoms with van der Waals surface area (Å²) >= 11 is 0. The third kappa shape index (κ3) is 7.72. The lowest BCUT2D eigenvalue weighted by Crippen LogP contribution is -2.76. The Balaban J connectivity index is 1.20. The first-order chi connectivity index (χ1) is 34.4. The molecule has 0 radical (unpaired) electrons. The van der Waals surface area contributed by atoms with Crippen molar-refractivity contribution in [1.29, 1.82) is 0 Å². The van der Waals surface area contributed by atoms with Crippen molar-refractivity contribution in [1.82, 2.24) is 0 Å². The van der Waals surface area contributed by atoms with Crippen LogP contribution in [-0.4, -0.2) is 21.5 Å². The molecule has 1 nitrogen and oxygen atoms in total. The summed E-state index contributed by atoms with van der Waals surface area (Å²) in [6.45, 7) is 38.4. The van der Waals surface area contributed by atoms with E-state index in [1.165, 1.54) is 116 Å². The van der Waals surface area contributed by atoms with E-state index in [0.29, 0.717) is 35.5 Å². The van der Waals surface area contributed by atoms with Gasteiger partial charge in [-0.05, 0) is 142 Å². The van der Waals surface area contributed by atoms with Gasteiger partial charge in [0.05, 0.1) is 0 Å². The number of para-hydroxylation sites is 2. The minimum absolute atomic E-state index is 0.0818. The van der Waals surface area contributed by atoms with Crippen LogP contribution in [0.1, 0.15) is 180 Å². The third-order valence-corrected chi connectivity index (χ3v) is 23.1. The van der Waals surface area contributed by atoms with Gasteiger partial charge < -0.3 is 4.90 Å². The predicted octanol–water partition coefficient (Wildman–Crippen LogP) is 13.6. The average Bonchev–Trinajstić information content (AvgIpc) is 3.53. The first kappa shape index (κ1) is 49.7. The fourth-order valence-corrected chi connectivity index (χ4v) is 19.3. The van der Waals surface area contributed by atoms with Crippen LogP contribution in [0.4, 0.5) is 17.1 Å². The molecule has 0 fully saturated rings. The van der Waals surface area contributed by atoms with Gasteiger partial charge in [0, 0.05) is 17.1 Å². The van der Waals surface area contributed by atoms with Crippen LogP contribution in [0.15, 0.2) is 161 Å². The molecular weight excluding hydrogens is 880 g/mol. The molecule has 0 saturated heterocycles. The molecule has 7 aromatic rings. The molecule has 0 bridgehead atoms. The lowest BCUT2D eigenvalue weighted by molar-refractivity contribution is 0.812. The Hall–Kier alpha value is -5.83. The zero-order chi connectivity index (χ0) is 51.2. The first-order valence-electron chi connectivity index (χ1n) is 27.4. The molecule has 0 unspecified atom stereocenters. The zero-order valence-corrected chi connectivity index (χ0v) is 47.3. The third-order valence-electron chi connectivity index (χ3n) is 17.6. The van der Waals surface area contributed by atoms with E-state index >= 15 is 0 Å². The molecule has 3 heterocycles. The Bertz CT molecular complexity index is 3190. The van der Waals surface area contributed by atoms with Gasteiger partial charge in [0.25, 0.3) is 0 Å². The van der Waals surface area contributed by atoms with E-state index in [1.807, 2.05) is 0 Å². The largest absolute Gasteiger partial charge is 0.311 e. The second-order valence-electron chi connectivity index (χ2n) is 23.7. The molecule has 10 rings (SSSR count). The maximum Gasteiger partial charge on any atom is 0.240 e. The fourth-order valence-electron chi connectivity index (χ4n) is 13.5. The number of hydrogen-bond acceptors (Lipinski definition) is 1. The first-order valence-corrected chi connectivity index (χ1v) is 29.4. The zero-order valence-electron chi connectivity index (χ0n) is 46.3. The van der Waals surface area contributed by atoms with Gasteiger partial charge in [0.2, 0.25) is 13.4 Å². The maximum absolute atomic E-state index is 2.62. The van der Waals surface area contributed by atoms with Crippen LogP contribution in [0.3, 0.4) is 0 Å². The van der Waals surface area contributed by atoms with E-state index in [4.69, 9.17) is 0 Å². The summed E-state index contributed by atoms with van der Waals surface area (Å²) in [6, 6.07) is 55.6. The van der Waals surface area contributed by atoms with Gasteiger partial charge in [-0.2, -0.15) is 0 Å². The second kappa shape index (κ2) is 18.9. The minimum atomic E-state index is -2.38. The van der Waals surface area contributed by atoms with Crippen molar-refractivity contribution < 1.29 is 0 Å². The number of hydrogen-bond donors (Lipinski definition) is 0. The highest BCUT2D eigenvalue weighted by Crippen LogP contribution is 2.47. The second-order valence-corrected chi connectivity index (χ2v) is 27.7. The predicted molar refractivity (Wildman–Crippen MR) is 322 cm³/mol. The molecule has 1 spiro atoms. The Labute approximate surface area is 436 Å². The summed E-state index contributed by atoms with van der Waals surface area (Å²) in [5.41, 5.74) is 27.0. The number of rotatable bonds is 10. The molecule has 0 aliphatic carbocycles. The van der Waals surface area contributed by atoms with E-state index in [1.54, 1.807) is 10.4 Å². The SMILES string of the molecule is CC1=C(C)[Si]2(C(C)=C1C)c1ccccc1N(c1ccc(-c3ccc4c(c3)B(c3c(C(C)C)cc(C(C)C)cc3C(C)C)c3ccccc3B4c3c(C(C)C)cc(C(C)C)cc3C(C)C)cc1)c1ccccc12. The van der Waals surface area contributed by atoms with Crippen molar-refractivity contribution in [3.05, 3.63) is 194 Å². The molecule has 3 aliphatic heterocycles. The van der Waals surface area contributed by atoms with Crippen LogP contribution in [0.2, 0.25) is 0 Å². The van der Waals surface area contributed by atoms with Crippen LogP contribution in [-0.2, 0) is 0 Å². The van der Waals surface area contributed by atoms with Crippen LogP contribution >= 0.6 is 0 Å². The Kier molecular flexibility index (Phi) is 13.1. The van der Waals surface area contributed by atoms with Gasteiger partial charge in [-0.1, -0.05) is 253 Å². The van der Waals surface area contributed by atoms with E-state index < -0.39 is 8.07 Å². The summed E-state index contributed by atoms with van der Waals surface area (Å²) in [4.78, 5) is 2.55. The monoisotopic (exact) mass is 958 g/mol. The van der Waals surface area contributed by atoms with Crippen molar-refractivity contribution in [2.24, 2.45) is 0 Å². The summed E-state index contributed by atoms with van der Waals surface area (Å²) in [6.07, 6.45) is 0. The molecule has 0 aromatic heterocycles. The van der Waals surface area contributed by atoms with Crippen molar-refractivity contribution in [2.45, 2.75) is 146 Å². The summed E-state index contributed by atoms with van der Waals surface area (Å²) in [7, 11) is -2.38. The quantitative estimate of drug-likeness (QED) is 0.124. The highest BCUT2D eigenvalue weighted by Gasteiger charge is 2.52. The molecule has 72 heavy (non-hydrogen) atoms. The molecule has 4 heteroatoms. The Morgan fingerprint density at radius 2 is 0.722 bits per heavy atom. The topological polar surface area (TPSA) is 3.24 Å². The molecule has 0 saturated carbocycles. The number of anilines is 3. The average molecular weight is 958 g/mol. The van der Waals surface area contributed by atoms with Gasteiger partial charge in [-0.3, -0.25) is 0 Å². The van der Waals surface area contributed by atoms with Crippen molar-refractivity contribution in [2.75, 3.05) is 4.90 Å². The van der Waals surface area contributed by atoms with Gasteiger partial charge in [-0.15, -0.1) is 0 Å². The molecule has 3 aliphatic rings. The van der Waals surface area contributed by atoms with Crippen molar-refractivity contribution in [3.8, 4) is 11.1 Å². The van der Waals surface area contributed by atoms with E-state index in [0.717, 1.165) is 0 Å². The van der Waals surface area contributed by atoms with E-state index in [9.17, 15) is 0 Å². The van der Waals surface area contributed by atoms with Gasteiger partial charge in [0.15, 0.2) is 8.07 Å². The lowest BCUT2D eigenvalue weighted by Gasteiger charge is -2.44. The molecule has 0 atom stereocenters. The smallest absolute Gasteiger partial charge is 0.240 e. The van der Waals surface area contributed by atoms with Crippen molar-refractivity contribution in [3.63, 3.8) is 0 Å². The highest BCUT2D eigenvalue weighted by molar-refractivity contribution is 7.15. The summed E-state index contributed by atoms with van der Waals surface area (Å²) in [5, 5.41) is 6.15. The van der Waals surface area contributed by atoms with E-state index in [-0.39, 0.29) is 13.4 Å². The molecule has 0 amide bonds. The standard InChI is InChI=1S/C68H77B2NSi/c1-40(2)52-35-55(42(5)6)67(56(36-52)43(7)8)69-59-23-17-18-24-60(59)70(68-57(44(9)10)37-53(41(3)4)38-58(68)45(11)12)62-39-51(31-34-61(62)69)50-29-32-54(33-30-50)71-63-25-19-21-27-65(63)72(66-28-22-20-26-64(66)71)48(15)46(13)47(14)49(72)16/h17-45H,1-16H3. The maximum atomic E-state index is 2.62. The number of benzene rings is 7. The van der Waals surface area contributed by atoms with Crippen LogP contribution < -0.4 is 48.1 Å². The number of allylic oxidation sites excluding steroid dienone is 4. The van der Waals surface area contributed by atoms with Gasteiger partial charge in [0.1, 0.15) is 0 Å². The van der Waals surface area contributed by atoms with Crippen LogP contribution in [0, 0.1) is 0 Å². The molecule has 7 aromatic carbocycles. The van der Waals surface area contributed by atoms with Crippen LogP contribution in [0.25, 0.3) is 11.1 Å². The molecule has 0 N–H and O–H groups in total. The molecular formula is C68H77B2NSi. The lowest BCUT2D eigenvalue weighted by atomic mass is 9.20. The summed E-state index contributed by atoms with van der Waals surface area (Å²) < 4.78 is 0. The minimum Gasteiger partial charge on any atom is -0.311 e. The Morgan fingerprint density at radius 3 is 1.12 bits per heavy atom. The fraction of sp³-hybridized carbons (Fsp3) is 0.324. The van der Waals surface area contributed by atoms with Gasteiger partial charge in [-0.25, -0.2) is 0 Å². The highest BCUT2D eigenvalue weighted by atomic mass is 28.3. The van der Waals surface area contributed by atoms with E-state index in [2.05, 4.69) is 255 Å². The number of fused-ring (bicyclic) bond motifs is 6. The van der Waals surface area contributed by atoms with Crippen molar-refractivity contribution >= 4 is 81.7 Å². The van der Waals surface area contributed by atoms with Gasteiger partial charge >= 0.3 is 0 Å². The Morgan fingerprint density at radius 1 is 0.361 bits per heavy atom. The number of nitrogens with zero attached hydrogens (tertiary/aromatic N) is 1. The van der Waals surface area contributed by atoms with Crippen LogP contribution in [0.5, 0.6) is 0 Å². The summed E-state index contributed by atoms with van der Waals surface area (Å²) in [5.74, 6) is 2.40.